The van der Waals surface area contributed by atoms with Crippen LogP contribution in [0.1, 0.15) is 27.7 Å². The highest BCUT2D eigenvalue weighted by Crippen LogP contribution is 2.25. The Morgan fingerprint density at radius 3 is 2.18 bits per heavy atom. The Bertz CT molecular complexity index is 189. The molecule has 0 radical (unpaired) electrons. The van der Waals surface area contributed by atoms with E-state index in [0.717, 1.165) is 6.54 Å². The fourth-order valence-electron chi connectivity index (χ4n) is 1.20. The second kappa shape index (κ2) is 2.29. The molecule has 0 aliphatic carbocycles. The molecule has 64 valence electrons. The highest BCUT2D eigenvalue weighted by molar-refractivity contribution is 5.84. The van der Waals surface area contributed by atoms with Gasteiger partial charge in [-0.3, -0.25) is 10.1 Å². The quantitative estimate of drug-likeness (QED) is 0.608. The van der Waals surface area contributed by atoms with E-state index >= 15 is 0 Å². The molecule has 1 N–H and O–H groups in total. The molecule has 0 saturated carbocycles. The summed E-state index contributed by atoms with van der Waals surface area (Å²) in [7, 11) is 0. The second-order valence-corrected chi connectivity index (χ2v) is 3.80. The zero-order valence-electron chi connectivity index (χ0n) is 7.52. The van der Waals surface area contributed by atoms with E-state index in [9.17, 15) is 4.79 Å². The molecule has 0 bridgehead atoms. The van der Waals surface area contributed by atoms with Crippen molar-refractivity contribution in [2.75, 3.05) is 6.54 Å². The van der Waals surface area contributed by atoms with Crippen molar-refractivity contribution in [1.82, 2.24) is 5.32 Å². The molecular weight excluding hydrogens is 142 g/mol. The second-order valence-electron chi connectivity index (χ2n) is 3.80. The van der Waals surface area contributed by atoms with Gasteiger partial charge in [0.2, 0.25) is 0 Å². The number of carbonyl (C=O) groups excluding carboxylic acids is 1. The summed E-state index contributed by atoms with van der Waals surface area (Å²) in [5, 5.41) is 3.05. The van der Waals surface area contributed by atoms with Gasteiger partial charge in [-0.15, -0.1) is 0 Å². The number of Topliss-reactive ketones (excluding diaryl/α,β-unsaturated/α-hetero) is 1. The smallest absolute Gasteiger partial charge is 0.176 e. The number of hydrogen-bond donors (Lipinski definition) is 1. The Labute approximate surface area is 67.1 Å². The van der Waals surface area contributed by atoms with Gasteiger partial charge in [0.15, 0.2) is 11.5 Å². The Balaban J connectivity index is 2.73. The van der Waals surface area contributed by atoms with Gasteiger partial charge in [-0.05, 0) is 27.7 Å². The number of hydrogen-bond acceptors (Lipinski definition) is 3. The van der Waals surface area contributed by atoms with Crippen molar-refractivity contribution in [2.45, 2.75) is 39.0 Å². The fourth-order valence-corrected chi connectivity index (χ4v) is 1.20. The van der Waals surface area contributed by atoms with Crippen LogP contribution >= 0.6 is 0 Å². The third-order valence-corrected chi connectivity index (χ3v) is 2.00. The van der Waals surface area contributed by atoms with Crippen molar-refractivity contribution < 1.29 is 9.53 Å². The number of nitrogens with one attached hydrogen (secondary N) is 1. The Morgan fingerprint density at radius 1 is 1.45 bits per heavy atom. The van der Waals surface area contributed by atoms with Gasteiger partial charge >= 0.3 is 0 Å². The molecule has 3 nitrogen and oxygen atoms in total. The van der Waals surface area contributed by atoms with Gasteiger partial charge in [0.25, 0.3) is 0 Å². The zero-order valence-corrected chi connectivity index (χ0v) is 7.52. The lowest BCUT2D eigenvalue weighted by Crippen LogP contribution is -2.44. The van der Waals surface area contributed by atoms with Gasteiger partial charge in [0.05, 0.1) is 5.60 Å². The van der Waals surface area contributed by atoms with Crippen LogP contribution in [0.25, 0.3) is 0 Å². The van der Waals surface area contributed by atoms with Crippen LogP contribution in [0.15, 0.2) is 0 Å². The predicted molar refractivity (Wildman–Crippen MR) is 42.3 cm³/mol. The van der Waals surface area contributed by atoms with Crippen LogP contribution in [0.3, 0.4) is 0 Å². The molecule has 1 saturated heterocycles. The van der Waals surface area contributed by atoms with E-state index in [0.29, 0.717) is 0 Å². The minimum Gasteiger partial charge on any atom is -0.346 e. The number of ether oxygens (including phenoxy) is 1. The zero-order chi connectivity index (χ0) is 8.70. The molecule has 1 unspecified atom stereocenters. The molecule has 0 aromatic heterocycles. The predicted octanol–water partition coefficient (Wildman–Crippen LogP) is 0.690. The summed E-state index contributed by atoms with van der Waals surface area (Å²) in [5.74, 6) is 0.0306. The van der Waals surface area contributed by atoms with Gasteiger partial charge in [-0.25, -0.2) is 0 Å². The summed E-state index contributed by atoms with van der Waals surface area (Å²) in [5.41, 5.74) is -0.982. The maximum absolute atomic E-state index is 11.1. The van der Waals surface area contributed by atoms with E-state index < -0.39 is 5.72 Å². The Hall–Kier alpha value is -0.410. The summed E-state index contributed by atoms with van der Waals surface area (Å²) in [6.07, 6.45) is 0. The van der Waals surface area contributed by atoms with Crippen LogP contribution in [0.2, 0.25) is 0 Å². The largest absolute Gasteiger partial charge is 0.346 e. The molecule has 0 spiro atoms. The molecule has 1 aliphatic heterocycles. The summed E-state index contributed by atoms with van der Waals surface area (Å²) in [6.45, 7) is 7.96. The topological polar surface area (TPSA) is 38.3 Å². The molecule has 1 aliphatic rings. The van der Waals surface area contributed by atoms with Gasteiger partial charge in [-0.1, -0.05) is 0 Å². The van der Waals surface area contributed by atoms with Crippen LogP contribution in [-0.4, -0.2) is 23.7 Å². The molecule has 0 amide bonds. The monoisotopic (exact) mass is 157 g/mol. The third kappa shape index (κ3) is 1.60. The number of ketones is 1. The normalized spacial score (nSPS) is 35.6. The SMILES string of the molecule is CC(=O)C1(C)NCC(C)(C)O1. The lowest BCUT2D eigenvalue weighted by atomic mass is 10.1. The first-order chi connectivity index (χ1) is 4.86. The van der Waals surface area contributed by atoms with E-state index in [1.54, 1.807) is 6.92 Å². The maximum Gasteiger partial charge on any atom is 0.176 e. The van der Waals surface area contributed by atoms with Crippen molar-refractivity contribution in [2.24, 2.45) is 0 Å². The maximum atomic E-state index is 11.1. The number of carbonyl (C=O) groups is 1. The molecule has 1 rings (SSSR count). The highest BCUT2D eigenvalue weighted by atomic mass is 16.6. The van der Waals surface area contributed by atoms with Crippen LogP contribution in [0, 0.1) is 0 Å². The van der Waals surface area contributed by atoms with Gasteiger partial charge in [0, 0.05) is 6.54 Å². The standard InChI is InChI=1S/C8H15NO2/c1-6(10)8(4)9-5-7(2,3)11-8/h9H,5H2,1-4H3. The molecule has 1 atom stereocenters. The van der Waals surface area contributed by atoms with E-state index in [1.165, 1.54) is 6.92 Å². The van der Waals surface area contributed by atoms with Crippen molar-refractivity contribution in [1.29, 1.82) is 0 Å². The third-order valence-electron chi connectivity index (χ3n) is 2.00. The first-order valence-corrected chi connectivity index (χ1v) is 3.82. The van der Waals surface area contributed by atoms with E-state index in [-0.39, 0.29) is 11.4 Å². The molecule has 1 heterocycles. The summed E-state index contributed by atoms with van der Waals surface area (Å²) >= 11 is 0. The molecule has 3 heteroatoms. The van der Waals surface area contributed by atoms with Gasteiger partial charge < -0.3 is 4.74 Å². The summed E-state index contributed by atoms with van der Waals surface area (Å²) in [6, 6.07) is 0. The average molecular weight is 157 g/mol. The molecule has 1 fully saturated rings. The first kappa shape index (κ1) is 8.68. The minimum absolute atomic E-state index is 0.0306. The Morgan fingerprint density at radius 2 is 2.00 bits per heavy atom. The van der Waals surface area contributed by atoms with Crippen molar-refractivity contribution >= 4 is 5.78 Å². The Kier molecular flexibility index (Phi) is 1.81. The van der Waals surface area contributed by atoms with Crippen LogP contribution in [0.4, 0.5) is 0 Å². The summed E-state index contributed by atoms with van der Waals surface area (Å²) in [4.78, 5) is 11.1. The molecule has 0 aromatic carbocycles. The molecular formula is C8H15NO2. The average Bonchev–Trinajstić information content (AvgIpc) is 2.08. The molecule has 0 aromatic rings. The lowest BCUT2D eigenvalue weighted by molar-refractivity contribution is -0.146. The van der Waals surface area contributed by atoms with Crippen LogP contribution in [0.5, 0.6) is 0 Å². The lowest BCUT2D eigenvalue weighted by Gasteiger charge is -2.23. The summed E-state index contributed by atoms with van der Waals surface area (Å²) < 4.78 is 5.54. The minimum atomic E-state index is -0.760. The van der Waals surface area contributed by atoms with Crippen molar-refractivity contribution in [3.05, 3.63) is 0 Å². The van der Waals surface area contributed by atoms with Crippen LogP contribution in [-0.2, 0) is 9.53 Å². The van der Waals surface area contributed by atoms with E-state index in [1.807, 2.05) is 13.8 Å². The number of rotatable bonds is 1. The van der Waals surface area contributed by atoms with Crippen LogP contribution < -0.4 is 5.32 Å². The van der Waals surface area contributed by atoms with E-state index in [4.69, 9.17) is 4.74 Å². The van der Waals surface area contributed by atoms with Gasteiger partial charge in [0.1, 0.15) is 0 Å². The fraction of sp³-hybridized carbons (Fsp3) is 0.875. The van der Waals surface area contributed by atoms with E-state index in [2.05, 4.69) is 5.32 Å². The van der Waals surface area contributed by atoms with Crippen molar-refractivity contribution in [3.63, 3.8) is 0 Å². The van der Waals surface area contributed by atoms with Gasteiger partial charge in [-0.2, -0.15) is 0 Å². The molecule has 11 heavy (non-hydrogen) atoms. The first-order valence-electron chi connectivity index (χ1n) is 3.82. The highest BCUT2D eigenvalue weighted by Gasteiger charge is 2.43. The van der Waals surface area contributed by atoms with Crippen molar-refractivity contribution in [3.8, 4) is 0 Å².